The summed E-state index contributed by atoms with van der Waals surface area (Å²) in [7, 11) is 0. The van der Waals surface area contributed by atoms with Crippen LogP contribution < -0.4 is 5.73 Å². The van der Waals surface area contributed by atoms with E-state index in [9.17, 15) is 4.79 Å². The number of carbonyl (C=O) groups excluding carboxylic acids is 1. The first-order chi connectivity index (χ1) is 8.64. The molecule has 0 saturated heterocycles. The lowest BCUT2D eigenvalue weighted by molar-refractivity contribution is -0.140. The van der Waals surface area contributed by atoms with Gasteiger partial charge < -0.3 is 10.6 Å². The molecule has 4 bridgehead atoms. The van der Waals surface area contributed by atoms with Crippen molar-refractivity contribution in [1.29, 1.82) is 0 Å². The predicted octanol–water partition coefficient (Wildman–Crippen LogP) is 1.83. The molecule has 5 aliphatic rings. The van der Waals surface area contributed by atoms with Crippen molar-refractivity contribution in [2.45, 2.75) is 51.0 Å². The lowest BCUT2D eigenvalue weighted by Gasteiger charge is -2.58. The van der Waals surface area contributed by atoms with E-state index in [-0.39, 0.29) is 17.4 Å². The Morgan fingerprint density at radius 2 is 1.72 bits per heavy atom. The Balaban J connectivity index is 1.61. The highest BCUT2D eigenvalue weighted by molar-refractivity contribution is 6.05. The van der Waals surface area contributed by atoms with Crippen LogP contribution in [0.4, 0.5) is 0 Å². The number of carbonyl (C=O) groups is 1. The highest BCUT2D eigenvalue weighted by atomic mass is 16.7. The maximum atomic E-state index is 11.2. The fourth-order valence-corrected chi connectivity index (χ4v) is 5.40. The quantitative estimate of drug-likeness (QED) is 0.758. The van der Waals surface area contributed by atoms with Crippen molar-refractivity contribution >= 4 is 11.7 Å². The van der Waals surface area contributed by atoms with Crippen LogP contribution in [0, 0.1) is 23.2 Å². The highest BCUT2D eigenvalue weighted by Crippen LogP contribution is 2.61. The van der Waals surface area contributed by atoms with E-state index in [0.717, 1.165) is 23.5 Å². The summed E-state index contributed by atoms with van der Waals surface area (Å²) in [6.45, 7) is 0. The van der Waals surface area contributed by atoms with Gasteiger partial charge in [-0.1, -0.05) is 5.16 Å². The number of rotatable bonds is 2. The maximum absolute atomic E-state index is 11.2. The Labute approximate surface area is 107 Å². The van der Waals surface area contributed by atoms with Gasteiger partial charge in [-0.05, 0) is 61.7 Å². The topological polar surface area (TPSA) is 64.7 Å². The van der Waals surface area contributed by atoms with E-state index >= 15 is 0 Å². The zero-order valence-corrected chi connectivity index (χ0v) is 10.6. The molecule has 5 rings (SSSR count). The molecule has 0 aromatic rings. The molecule has 4 nitrogen and oxygen atoms in total. The second-order valence-corrected chi connectivity index (χ2v) is 6.98. The van der Waals surface area contributed by atoms with Crippen LogP contribution in [0.2, 0.25) is 0 Å². The second-order valence-electron chi connectivity index (χ2n) is 6.98. The minimum Gasteiger partial charge on any atom is -0.322 e. The van der Waals surface area contributed by atoms with E-state index in [1.165, 1.54) is 38.5 Å². The third kappa shape index (κ3) is 1.48. The number of nitrogens with two attached hydrogens (primary N) is 1. The van der Waals surface area contributed by atoms with E-state index in [4.69, 9.17) is 10.6 Å². The normalized spacial score (nSPS) is 47.1. The van der Waals surface area contributed by atoms with Crippen molar-refractivity contribution in [3.05, 3.63) is 0 Å². The van der Waals surface area contributed by atoms with Gasteiger partial charge >= 0.3 is 5.97 Å². The summed E-state index contributed by atoms with van der Waals surface area (Å²) in [5.41, 5.74) is 7.49. The Kier molecular flexibility index (Phi) is 2.17. The molecule has 1 unspecified atom stereocenters. The number of nitrogens with zero attached hydrogens (tertiary/aromatic N) is 1. The monoisotopic (exact) mass is 248 g/mol. The van der Waals surface area contributed by atoms with Crippen LogP contribution in [-0.2, 0) is 9.63 Å². The molecule has 0 aromatic carbocycles. The van der Waals surface area contributed by atoms with Crippen LogP contribution in [0.3, 0.4) is 0 Å². The molecule has 2 N–H and O–H groups in total. The van der Waals surface area contributed by atoms with Crippen molar-refractivity contribution < 1.29 is 9.63 Å². The lowest BCUT2D eigenvalue weighted by atomic mass is 9.47. The van der Waals surface area contributed by atoms with Crippen LogP contribution in [0.1, 0.15) is 44.9 Å². The average molecular weight is 248 g/mol. The molecule has 98 valence electrons. The van der Waals surface area contributed by atoms with Gasteiger partial charge in [0.15, 0.2) is 0 Å². The molecule has 4 fully saturated rings. The summed E-state index contributed by atoms with van der Waals surface area (Å²) >= 11 is 0. The minimum atomic E-state index is -0.245. The van der Waals surface area contributed by atoms with Crippen LogP contribution in [-0.4, -0.2) is 17.7 Å². The standard InChI is InChI=1S/C14H20N2O2/c15-13(11-4-12(17)18-16-11)14-5-8-1-9(6-14)3-10(2-8)7-14/h8-10,13H,1-7,15H2. The molecule has 1 heterocycles. The first kappa shape index (κ1) is 11.0. The van der Waals surface area contributed by atoms with Gasteiger partial charge in [-0.2, -0.15) is 0 Å². The van der Waals surface area contributed by atoms with E-state index < -0.39 is 0 Å². The first-order valence-corrected chi connectivity index (χ1v) is 7.17. The SMILES string of the molecule is NC(C1=NOC(=O)C1)C12CC3CC(CC(C3)C1)C2. The summed E-state index contributed by atoms with van der Waals surface area (Å²) in [5, 5.41) is 3.92. The fourth-order valence-electron chi connectivity index (χ4n) is 5.40. The Morgan fingerprint density at radius 3 is 2.17 bits per heavy atom. The van der Waals surface area contributed by atoms with Gasteiger partial charge in [0.25, 0.3) is 0 Å². The van der Waals surface area contributed by atoms with Crippen LogP contribution in [0.15, 0.2) is 5.16 Å². The van der Waals surface area contributed by atoms with E-state index in [1.807, 2.05) is 0 Å². The third-order valence-corrected chi connectivity index (χ3v) is 5.69. The van der Waals surface area contributed by atoms with E-state index in [2.05, 4.69) is 5.16 Å². The summed E-state index contributed by atoms with van der Waals surface area (Å²) in [5.74, 6) is 2.38. The molecule has 18 heavy (non-hydrogen) atoms. The Bertz CT molecular complexity index is 394. The van der Waals surface area contributed by atoms with Gasteiger partial charge in [0.2, 0.25) is 0 Å². The molecular formula is C14H20N2O2. The molecule has 0 amide bonds. The summed E-state index contributed by atoms with van der Waals surface area (Å²) in [4.78, 5) is 15.9. The molecule has 1 aliphatic heterocycles. The van der Waals surface area contributed by atoms with Gasteiger partial charge in [0.05, 0.1) is 18.2 Å². The van der Waals surface area contributed by atoms with Gasteiger partial charge in [-0.3, -0.25) is 0 Å². The molecule has 0 aromatic heterocycles. The molecule has 0 radical (unpaired) electrons. The molecule has 1 atom stereocenters. The van der Waals surface area contributed by atoms with Gasteiger partial charge in [-0.15, -0.1) is 0 Å². The fraction of sp³-hybridized carbons (Fsp3) is 0.857. The number of hydrogen-bond acceptors (Lipinski definition) is 4. The smallest absolute Gasteiger partial charge is 0.322 e. The second kappa shape index (κ2) is 3.56. The predicted molar refractivity (Wildman–Crippen MR) is 66.7 cm³/mol. The number of oxime groups is 1. The van der Waals surface area contributed by atoms with Gasteiger partial charge in [0.1, 0.15) is 0 Å². The molecular weight excluding hydrogens is 228 g/mol. The molecule has 4 saturated carbocycles. The lowest BCUT2D eigenvalue weighted by Crippen LogP contribution is -2.57. The highest BCUT2D eigenvalue weighted by Gasteiger charge is 2.54. The largest absolute Gasteiger partial charge is 0.340 e. The number of hydrogen-bond donors (Lipinski definition) is 1. The van der Waals surface area contributed by atoms with Crippen molar-refractivity contribution in [3.63, 3.8) is 0 Å². The summed E-state index contributed by atoms with van der Waals surface area (Å²) in [6.07, 6.45) is 8.27. The zero-order valence-electron chi connectivity index (χ0n) is 10.6. The Morgan fingerprint density at radius 1 is 1.17 bits per heavy atom. The van der Waals surface area contributed by atoms with Crippen molar-refractivity contribution in [1.82, 2.24) is 0 Å². The molecule has 4 heteroatoms. The Hall–Kier alpha value is -0.900. The van der Waals surface area contributed by atoms with E-state index in [0.29, 0.717) is 6.42 Å². The average Bonchev–Trinajstić information content (AvgIpc) is 2.73. The van der Waals surface area contributed by atoms with Crippen molar-refractivity contribution in [2.24, 2.45) is 34.1 Å². The molecule has 4 aliphatic carbocycles. The zero-order chi connectivity index (χ0) is 12.3. The maximum Gasteiger partial charge on any atom is 0.340 e. The third-order valence-electron chi connectivity index (χ3n) is 5.69. The summed E-state index contributed by atoms with van der Waals surface area (Å²) < 4.78 is 0. The molecule has 0 spiro atoms. The first-order valence-electron chi connectivity index (χ1n) is 7.17. The van der Waals surface area contributed by atoms with Crippen LogP contribution >= 0.6 is 0 Å². The van der Waals surface area contributed by atoms with Crippen molar-refractivity contribution in [3.8, 4) is 0 Å². The van der Waals surface area contributed by atoms with Crippen LogP contribution in [0.5, 0.6) is 0 Å². The van der Waals surface area contributed by atoms with Gasteiger partial charge in [-0.25, -0.2) is 4.79 Å². The van der Waals surface area contributed by atoms with E-state index in [1.54, 1.807) is 0 Å². The van der Waals surface area contributed by atoms with Crippen molar-refractivity contribution in [2.75, 3.05) is 0 Å². The summed E-state index contributed by atoms with van der Waals surface area (Å²) in [6, 6.07) is -0.0580. The van der Waals surface area contributed by atoms with Crippen LogP contribution in [0.25, 0.3) is 0 Å². The minimum absolute atomic E-state index is 0.0580. The van der Waals surface area contributed by atoms with Gasteiger partial charge in [0, 0.05) is 0 Å².